The number of hydrogen-bond donors (Lipinski definition) is 1. The van der Waals surface area contributed by atoms with Gasteiger partial charge in [0.1, 0.15) is 5.75 Å². The van der Waals surface area contributed by atoms with E-state index in [0.29, 0.717) is 11.9 Å². The number of alkyl halides is 1. The van der Waals surface area contributed by atoms with E-state index in [0.717, 1.165) is 18.7 Å². The Kier molecular flexibility index (Phi) is 5.97. The van der Waals surface area contributed by atoms with Gasteiger partial charge >= 0.3 is 0 Å². The van der Waals surface area contributed by atoms with Gasteiger partial charge in [0.25, 0.3) is 0 Å². The summed E-state index contributed by atoms with van der Waals surface area (Å²) >= 11 is 5.87. The molecule has 0 aromatic heterocycles. The first-order valence-electron chi connectivity index (χ1n) is 6.39. The molecule has 0 aliphatic rings. The van der Waals surface area contributed by atoms with Crippen LogP contribution in [0.3, 0.4) is 0 Å². The third-order valence-corrected chi connectivity index (χ3v) is 3.37. The minimum Gasteiger partial charge on any atom is -0.497 e. The average Bonchev–Trinajstić information content (AvgIpc) is 2.33. The van der Waals surface area contributed by atoms with Crippen molar-refractivity contribution in [3.8, 4) is 5.75 Å². The van der Waals surface area contributed by atoms with Gasteiger partial charge in [0.2, 0.25) is 0 Å². The quantitative estimate of drug-likeness (QED) is 0.793. The van der Waals surface area contributed by atoms with E-state index in [1.807, 2.05) is 12.1 Å². The molecule has 1 rings (SSSR count). The summed E-state index contributed by atoms with van der Waals surface area (Å²) < 4.78 is 5.15. The van der Waals surface area contributed by atoms with Crippen molar-refractivity contribution < 1.29 is 4.74 Å². The van der Waals surface area contributed by atoms with Crippen molar-refractivity contribution in [2.75, 3.05) is 13.0 Å². The molecular formula is C15H24ClNO. The number of hydrogen-bond acceptors (Lipinski definition) is 2. The Morgan fingerprint density at radius 1 is 1.22 bits per heavy atom. The summed E-state index contributed by atoms with van der Waals surface area (Å²) in [5.74, 6) is 1.59. The third kappa shape index (κ3) is 4.87. The third-order valence-electron chi connectivity index (χ3n) is 3.15. The van der Waals surface area contributed by atoms with E-state index >= 15 is 0 Å². The fourth-order valence-corrected chi connectivity index (χ4v) is 2.15. The van der Waals surface area contributed by atoms with Gasteiger partial charge in [-0.15, -0.1) is 11.6 Å². The van der Waals surface area contributed by atoms with Crippen LogP contribution >= 0.6 is 11.6 Å². The molecule has 1 unspecified atom stereocenters. The lowest BCUT2D eigenvalue weighted by molar-refractivity contribution is 0.260. The molecule has 0 saturated carbocycles. The molecule has 102 valence electrons. The van der Waals surface area contributed by atoms with Crippen LogP contribution in [0.15, 0.2) is 24.3 Å². The lowest BCUT2D eigenvalue weighted by Gasteiger charge is -2.31. The van der Waals surface area contributed by atoms with E-state index in [4.69, 9.17) is 16.3 Å². The lowest BCUT2D eigenvalue weighted by atomic mass is 9.85. The Morgan fingerprint density at radius 2 is 1.83 bits per heavy atom. The zero-order valence-electron chi connectivity index (χ0n) is 11.8. The lowest BCUT2D eigenvalue weighted by Crippen LogP contribution is -2.40. The van der Waals surface area contributed by atoms with E-state index in [9.17, 15) is 0 Å². The standard InChI is InChI=1S/C15H24ClNO/c1-15(2,3)14(9-10-16)17-11-12-5-7-13(18-4)8-6-12/h5-8,14,17H,9-11H2,1-4H3. The topological polar surface area (TPSA) is 21.3 Å². The van der Waals surface area contributed by atoms with Crippen molar-refractivity contribution in [2.24, 2.45) is 5.41 Å². The highest BCUT2D eigenvalue weighted by Gasteiger charge is 2.23. The van der Waals surface area contributed by atoms with Crippen LogP contribution in [0, 0.1) is 5.41 Å². The van der Waals surface area contributed by atoms with Crippen molar-refractivity contribution in [3.05, 3.63) is 29.8 Å². The summed E-state index contributed by atoms with van der Waals surface area (Å²) in [6.45, 7) is 7.59. The van der Waals surface area contributed by atoms with E-state index in [1.54, 1.807) is 7.11 Å². The largest absolute Gasteiger partial charge is 0.497 e. The first-order valence-corrected chi connectivity index (χ1v) is 6.93. The maximum atomic E-state index is 5.87. The molecule has 0 radical (unpaired) electrons. The molecule has 1 aromatic carbocycles. The number of benzene rings is 1. The van der Waals surface area contributed by atoms with Crippen LogP contribution in [0.4, 0.5) is 0 Å². The van der Waals surface area contributed by atoms with Gasteiger partial charge in [-0.25, -0.2) is 0 Å². The fraction of sp³-hybridized carbons (Fsp3) is 0.600. The zero-order valence-corrected chi connectivity index (χ0v) is 12.6. The van der Waals surface area contributed by atoms with Gasteiger partial charge in [0.05, 0.1) is 7.11 Å². The van der Waals surface area contributed by atoms with Crippen molar-refractivity contribution >= 4 is 11.6 Å². The minimum absolute atomic E-state index is 0.224. The molecule has 0 spiro atoms. The summed E-state index contributed by atoms with van der Waals surface area (Å²) in [5.41, 5.74) is 1.49. The van der Waals surface area contributed by atoms with Crippen molar-refractivity contribution in [1.82, 2.24) is 5.32 Å². The molecule has 18 heavy (non-hydrogen) atoms. The van der Waals surface area contributed by atoms with Gasteiger partial charge in [-0.1, -0.05) is 32.9 Å². The highest BCUT2D eigenvalue weighted by molar-refractivity contribution is 6.17. The van der Waals surface area contributed by atoms with Crippen LogP contribution in [0.2, 0.25) is 0 Å². The van der Waals surface area contributed by atoms with Gasteiger partial charge in [-0.05, 0) is 29.5 Å². The molecule has 0 heterocycles. The molecule has 1 aromatic rings. The maximum Gasteiger partial charge on any atom is 0.118 e. The number of ether oxygens (including phenoxy) is 1. The second-order valence-corrected chi connectivity index (χ2v) is 6.00. The van der Waals surface area contributed by atoms with Gasteiger partial charge in [0.15, 0.2) is 0 Å². The summed E-state index contributed by atoms with van der Waals surface area (Å²) in [5, 5.41) is 3.59. The summed E-state index contributed by atoms with van der Waals surface area (Å²) in [4.78, 5) is 0. The first kappa shape index (κ1) is 15.3. The second kappa shape index (κ2) is 7.01. The number of rotatable bonds is 6. The van der Waals surface area contributed by atoms with Gasteiger partial charge in [0, 0.05) is 18.5 Å². The SMILES string of the molecule is COc1ccc(CNC(CCCl)C(C)(C)C)cc1. The minimum atomic E-state index is 0.224. The van der Waals surface area contributed by atoms with Crippen molar-refractivity contribution in [2.45, 2.75) is 39.8 Å². The van der Waals surface area contributed by atoms with E-state index in [-0.39, 0.29) is 5.41 Å². The Hall–Kier alpha value is -0.730. The Bertz CT molecular complexity index is 343. The van der Waals surface area contributed by atoms with Gasteiger partial charge in [-0.3, -0.25) is 0 Å². The van der Waals surface area contributed by atoms with Crippen LogP contribution in [0.1, 0.15) is 32.8 Å². The molecule has 1 N–H and O–H groups in total. The highest BCUT2D eigenvalue weighted by Crippen LogP contribution is 2.22. The summed E-state index contributed by atoms with van der Waals surface area (Å²) in [6, 6.07) is 8.59. The van der Waals surface area contributed by atoms with Crippen molar-refractivity contribution in [1.29, 1.82) is 0 Å². The molecule has 0 aliphatic carbocycles. The molecule has 0 amide bonds. The van der Waals surface area contributed by atoms with Gasteiger partial charge < -0.3 is 10.1 Å². The zero-order chi connectivity index (χ0) is 13.6. The normalized spacial score (nSPS) is 13.4. The predicted molar refractivity (Wildman–Crippen MR) is 78.4 cm³/mol. The Balaban J connectivity index is 2.55. The molecule has 0 bridgehead atoms. The number of methoxy groups -OCH3 is 1. The smallest absolute Gasteiger partial charge is 0.118 e. The molecule has 0 fully saturated rings. The van der Waals surface area contributed by atoms with E-state index < -0.39 is 0 Å². The van der Waals surface area contributed by atoms with Crippen LogP contribution in [-0.2, 0) is 6.54 Å². The van der Waals surface area contributed by atoms with E-state index in [2.05, 4.69) is 38.2 Å². The molecular weight excluding hydrogens is 246 g/mol. The highest BCUT2D eigenvalue weighted by atomic mass is 35.5. The van der Waals surface area contributed by atoms with Crippen molar-refractivity contribution in [3.63, 3.8) is 0 Å². The molecule has 0 aliphatic heterocycles. The summed E-state index contributed by atoms with van der Waals surface area (Å²) in [6.07, 6.45) is 0.987. The number of halogens is 1. The maximum absolute atomic E-state index is 5.87. The van der Waals surface area contributed by atoms with Gasteiger partial charge in [-0.2, -0.15) is 0 Å². The van der Waals surface area contributed by atoms with Crippen LogP contribution in [-0.4, -0.2) is 19.0 Å². The number of nitrogens with one attached hydrogen (secondary N) is 1. The average molecular weight is 270 g/mol. The Morgan fingerprint density at radius 3 is 2.28 bits per heavy atom. The monoisotopic (exact) mass is 269 g/mol. The molecule has 2 nitrogen and oxygen atoms in total. The fourth-order valence-electron chi connectivity index (χ4n) is 1.93. The molecule has 1 atom stereocenters. The first-order chi connectivity index (χ1) is 8.47. The Labute approximate surface area is 116 Å². The predicted octanol–water partition coefficient (Wildman–Crippen LogP) is 3.83. The van der Waals surface area contributed by atoms with Crippen LogP contribution < -0.4 is 10.1 Å². The van der Waals surface area contributed by atoms with Crippen LogP contribution in [0.25, 0.3) is 0 Å². The molecule has 3 heteroatoms. The van der Waals surface area contributed by atoms with E-state index in [1.165, 1.54) is 5.56 Å². The summed E-state index contributed by atoms with van der Waals surface area (Å²) in [7, 11) is 1.68. The van der Waals surface area contributed by atoms with Crippen LogP contribution in [0.5, 0.6) is 5.75 Å². The second-order valence-electron chi connectivity index (χ2n) is 5.63. The molecule has 0 saturated heterocycles.